The Morgan fingerprint density at radius 2 is 1.81 bits per heavy atom. The van der Waals surface area contributed by atoms with Gasteiger partial charge < -0.3 is 9.15 Å². The molecule has 0 bridgehead atoms. The highest BCUT2D eigenvalue weighted by molar-refractivity contribution is 7.99. The van der Waals surface area contributed by atoms with Crippen LogP contribution in [0.15, 0.2) is 64.2 Å². The number of halogens is 1. The topological polar surface area (TPSA) is 94.3 Å². The number of benzene rings is 2. The molecule has 0 aliphatic rings. The van der Waals surface area contributed by atoms with E-state index in [4.69, 9.17) is 20.8 Å². The van der Waals surface area contributed by atoms with Crippen molar-refractivity contribution in [3.8, 4) is 5.75 Å². The van der Waals surface area contributed by atoms with Gasteiger partial charge in [-0.05, 0) is 36.4 Å². The minimum atomic E-state index is -0.455. The van der Waals surface area contributed by atoms with Crippen molar-refractivity contribution in [2.45, 2.75) is 11.8 Å². The lowest BCUT2D eigenvalue weighted by Crippen LogP contribution is -2.31. The maximum atomic E-state index is 11.9. The Kier molecular flexibility index (Phi) is 6.45. The second-order valence-corrected chi connectivity index (χ2v) is 6.60. The predicted octanol–water partition coefficient (Wildman–Crippen LogP) is 3.35. The lowest BCUT2D eigenvalue weighted by atomic mass is 10.2. The molecule has 1 aromatic heterocycles. The summed E-state index contributed by atoms with van der Waals surface area (Å²) in [4.78, 5) is 23.8. The number of thioether (sulfide) groups is 1. The zero-order valence-electron chi connectivity index (χ0n) is 13.9. The number of carbonyl (C=O) groups excluding carboxylic acids is 2. The first-order chi connectivity index (χ1) is 13.1. The number of nitrogens with one attached hydrogen (secondary N) is 1. The van der Waals surface area contributed by atoms with Gasteiger partial charge in [0.1, 0.15) is 5.75 Å². The Morgan fingerprint density at radius 3 is 2.56 bits per heavy atom. The van der Waals surface area contributed by atoms with Gasteiger partial charge in [0.25, 0.3) is 17.0 Å². The van der Waals surface area contributed by atoms with E-state index >= 15 is 0 Å². The first-order valence-electron chi connectivity index (χ1n) is 7.83. The monoisotopic (exact) mass is 403 g/mol. The van der Waals surface area contributed by atoms with Gasteiger partial charge in [0.15, 0.2) is 6.61 Å². The summed E-state index contributed by atoms with van der Waals surface area (Å²) < 4.78 is 10.9. The van der Waals surface area contributed by atoms with E-state index in [9.17, 15) is 9.59 Å². The van der Waals surface area contributed by atoms with Crippen molar-refractivity contribution in [3.63, 3.8) is 0 Å². The number of imide groups is 1. The van der Waals surface area contributed by atoms with Gasteiger partial charge in [-0.1, -0.05) is 41.6 Å². The quantitative estimate of drug-likeness (QED) is 0.604. The van der Waals surface area contributed by atoms with Crippen LogP contribution in [0.25, 0.3) is 0 Å². The zero-order chi connectivity index (χ0) is 19.1. The molecule has 0 spiro atoms. The molecule has 1 N–H and O–H groups in total. The van der Waals surface area contributed by atoms with Crippen LogP contribution >= 0.6 is 23.4 Å². The molecule has 0 fully saturated rings. The van der Waals surface area contributed by atoms with E-state index in [2.05, 4.69) is 15.5 Å². The molecule has 0 aliphatic carbocycles. The minimum absolute atomic E-state index is 0.0295. The molecule has 0 radical (unpaired) electrons. The summed E-state index contributed by atoms with van der Waals surface area (Å²) in [6.07, 6.45) is 0. The average Bonchev–Trinajstić information content (AvgIpc) is 3.14. The standard InChI is InChI=1S/C18H14ClN3O4S/c19-13-6-8-14(9-7-13)25-10-16-21-22-18(26-16)27-11-15(23)20-17(24)12-4-2-1-3-5-12/h1-9H,10-11H2,(H,20,23,24). The van der Waals surface area contributed by atoms with Crippen LogP contribution in [0.1, 0.15) is 16.2 Å². The first-order valence-corrected chi connectivity index (χ1v) is 9.19. The van der Waals surface area contributed by atoms with Crippen molar-refractivity contribution in [3.05, 3.63) is 71.1 Å². The number of nitrogens with zero attached hydrogens (tertiary/aromatic N) is 2. The maximum absolute atomic E-state index is 11.9. The minimum Gasteiger partial charge on any atom is -0.484 e. The molecule has 0 saturated carbocycles. The summed E-state index contributed by atoms with van der Waals surface area (Å²) in [7, 11) is 0. The Morgan fingerprint density at radius 1 is 1.07 bits per heavy atom. The van der Waals surface area contributed by atoms with Crippen LogP contribution in [0.3, 0.4) is 0 Å². The van der Waals surface area contributed by atoms with Crippen LogP contribution in [0.5, 0.6) is 5.75 Å². The van der Waals surface area contributed by atoms with Crippen LogP contribution < -0.4 is 10.1 Å². The first kappa shape index (κ1) is 18.9. The van der Waals surface area contributed by atoms with Crippen LogP contribution in [0, 0.1) is 0 Å². The summed E-state index contributed by atoms with van der Waals surface area (Å²) in [6.45, 7) is 0.0912. The van der Waals surface area contributed by atoms with Crippen molar-refractivity contribution in [2.75, 3.05) is 5.75 Å². The highest BCUT2D eigenvalue weighted by atomic mass is 35.5. The van der Waals surface area contributed by atoms with E-state index < -0.39 is 11.8 Å². The number of hydrogen-bond acceptors (Lipinski definition) is 7. The predicted molar refractivity (Wildman–Crippen MR) is 99.7 cm³/mol. The molecule has 1 heterocycles. The molecule has 27 heavy (non-hydrogen) atoms. The van der Waals surface area contributed by atoms with E-state index in [0.717, 1.165) is 11.8 Å². The molecule has 0 aliphatic heterocycles. The number of carbonyl (C=O) groups is 2. The lowest BCUT2D eigenvalue weighted by molar-refractivity contribution is -0.117. The van der Waals surface area contributed by atoms with E-state index in [1.165, 1.54) is 0 Å². The number of rotatable bonds is 7. The second-order valence-electron chi connectivity index (χ2n) is 5.24. The fourth-order valence-corrected chi connectivity index (χ4v) is 2.69. The number of hydrogen-bond donors (Lipinski definition) is 1. The Bertz CT molecular complexity index is 916. The average molecular weight is 404 g/mol. The molecule has 2 amide bonds. The van der Waals surface area contributed by atoms with Crippen molar-refractivity contribution in [2.24, 2.45) is 0 Å². The van der Waals surface area contributed by atoms with Crippen molar-refractivity contribution in [1.82, 2.24) is 15.5 Å². The van der Waals surface area contributed by atoms with Gasteiger partial charge in [0, 0.05) is 10.6 Å². The highest BCUT2D eigenvalue weighted by Crippen LogP contribution is 2.19. The third kappa shape index (κ3) is 5.83. The molecule has 3 aromatic rings. The largest absolute Gasteiger partial charge is 0.484 e. The van der Waals surface area contributed by atoms with E-state index in [0.29, 0.717) is 16.3 Å². The molecule has 7 nitrogen and oxygen atoms in total. The SMILES string of the molecule is O=C(CSc1nnc(COc2ccc(Cl)cc2)o1)NC(=O)c1ccccc1. The molecule has 2 aromatic carbocycles. The fourth-order valence-electron chi connectivity index (χ4n) is 1.98. The fraction of sp³-hybridized carbons (Fsp3) is 0.111. The molecule has 3 rings (SSSR count). The molecule has 0 atom stereocenters. The molecule has 0 unspecified atom stereocenters. The van der Waals surface area contributed by atoms with Gasteiger partial charge >= 0.3 is 0 Å². The normalized spacial score (nSPS) is 10.4. The maximum Gasteiger partial charge on any atom is 0.277 e. The Labute approximate surface area is 164 Å². The van der Waals surface area contributed by atoms with Gasteiger partial charge in [-0.25, -0.2) is 0 Å². The van der Waals surface area contributed by atoms with Gasteiger partial charge in [-0.2, -0.15) is 0 Å². The third-order valence-corrected chi connectivity index (χ3v) is 4.31. The van der Waals surface area contributed by atoms with Gasteiger partial charge in [-0.15, -0.1) is 10.2 Å². The summed E-state index contributed by atoms with van der Waals surface area (Å²) in [5.41, 5.74) is 0.412. The Balaban J connectivity index is 1.44. The molecule has 9 heteroatoms. The zero-order valence-corrected chi connectivity index (χ0v) is 15.5. The second kappa shape index (κ2) is 9.20. The van der Waals surface area contributed by atoms with E-state index in [1.54, 1.807) is 54.6 Å². The smallest absolute Gasteiger partial charge is 0.277 e. The summed E-state index contributed by atoms with van der Waals surface area (Å²) >= 11 is 6.84. The van der Waals surface area contributed by atoms with E-state index in [1.807, 2.05) is 0 Å². The third-order valence-electron chi connectivity index (χ3n) is 3.24. The van der Waals surface area contributed by atoms with Crippen LogP contribution in [0.4, 0.5) is 0 Å². The number of amides is 2. The summed E-state index contributed by atoms with van der Waals surface area (Å²) in [5, 5.41) is 10.8. The van der Waals surface area contributed by atoms with Crippen LogP contribution in [-0.2, 0) is 11.4 Å². The van der Waals surface area contributed by atoms with Crippen molar-refractivity contribution in [1.29, 1.82) is 0 Å². The summed E-state index contributed by atoms with van der Waals surface area (Å²) in [6, 6.07) is 15.4. The van der Waals surface area contributed by atoms with Crippen molar-refractivity contribution >= 4 is 35.2 Å². The Hall–Kier alpha value is -2.84. The van der Waals surface area contributed by atoms with Crippen LogP contribution in [0.2, 0.25) is 5.02 Å². The van der Waals surface area contributed by atoms with Crippen molar-refractivity contribution < 1.29 is 18.7 Å². The van der Waals surface area contributed by atoms with Gasteiger partial charge in [0.05, 0.1) is 5.75 Å². The molecular formula is C18H14ClN3O4S. The number of ether oxygens (including phenoxy) is 1. The van der Waals surface area contributed by atoms with Crippen LogP contribution in [-0.4, -0.2) is 27.8 Å². The van der Waals surface area contributed by atoms with Gasteiger partial charge in [0.2, 0.25) is 5.91 Å². The molecular weight excluding hydrogens is 390 g/mol. The highest BCUT2D eigenvalue weighted by Gasteiger charge is 2.13. The molecule has 138 valence electrons. The van der Waals surface area contributed by atoms with E-state index in [-0.39, 0.29) is 23.5 Å². The number of aromatic nitrogens is 2. The lowest BCUT2D eigenvalue weighted by Gasteiger charge is -2.03. The van der Waals surface area contributed by atoms with Gasteiger partial charge in [-0.3, -0.25) is 14.9 Å². The summed E-state index contributed by atoms with van der Waals surface area (Å²) in [5.74, 6) is -0.0493. The molecule has 0 saturated heterocycles.